The van der Waals surface area contributed by atoms with Crippen molar-refractivity contribution in [1.29, 1.82) is 5.26 Å². The molecule has 1 amide bonds. The highest BCUT2D eigenvalue weighted by Crippen LogP contribution is 2.11. The van der Waals surface area contributed by atoms with Crippen LogP contribution in [0, 0.1) is 23.1 Å². The van der Waals surface area contributed by atoms with Gasteiger partial charge in [-0.2, -0.15) is 5.26 Å². The van der Waals surface area contributed by atoms with E-state index in [9.17, 15) is 14.0 Å². The maximum Gasteiger partial charge on any atom is 0.328 e. The van der Waals surface area contributed by atoms with Crippen LogP contribution in [0.25, 0.3) is 0 Å². The van der Waals surface area contributed by atoms with Crippen LogP contribution in [0.3, 0.4) is 0 Å². The Labute approximate surface area is 116 Å². The number of esters is 1. The van der Waals surface area contributed by atoms with Crippen molar-refractivity contribution in [3.05, 3.63) is 35.6 Å². The van der Waals surface area contributed by atoms with Gasteiger partial charge >= 0.3 is 5.97 Å². The van der Waals surface area contributed by atoms with Crippen molar-refractivity contribution in [2.45, 2.75) is 19.4 Å². The molecule has 5 nitrogen and oxygen atoms in total. The lowest BCUT2D eigenvalue weighted by Gasteiger charge is -2.21. The van der Waals surface area contributed by atoms with Crippen LogP contribution in [0.15, 0.2) is 24.3 Å². The van der Waals surface area contributed by atoms with Crippen LogP contribution in [0.1, 0.15) is 23.7 Å². The third-order valence-electron chi connectivity index (χ3n) is 2.83. The van der Waals surface area contributed by atoms with E-state index in [4.69, 9.17) is 5.26 Å². The summed E-state index contributed by atoms with van der Waals surface area (Å²) in [6, 6.07) is 5.95. The maximum atomic E-state index is 12.8. The Bertz CT molecular complexity index is 522. The molecule has 0 aliphatic rings. The van der Waals surface area contributed by atoms with Crippen LogP contribution >= 0.6 is 0 Å². The van der Waals surface area contributed by atoms with E-state index < -0.39 is 29.7 Å². The second-order valence-electron chi connectivity index (χ2n) is 4.32. The smallest absolute Gasteiger partial charge is 0.328 e. The molecule has 0 heterocycles. The van der Waals surface area contributed by atoms with Gasteiger partial charge in [-0.25, -0.2) is 9.18 Å². The number of hydrogen-bond acceptors (Lipinski definition) is 4. The van der Waals surface area contributed by atoms with Gasteiger partial charge < -0.3 is 10.1 Å². The van der Waals surface area contributed by atoms with Crippen LogP contribution in [0.5, 0.6) is 0 Å². The Morgan fingerprint density at radius 2 is 2.00 bits per heavy atom. The number of nitrogens with one attached hydrogen (secondary N) is 1. The number of nitriles is 1. The molecular formula is C14H15FN2O3. The van der Waals surface area contributed by atoms with Crippen LogP contribution in [-0.2, 0) is 9.53 Å². The van der Waals surface area contributed by atoms with Crippen molar-refractivity contribution in [1.82, 2.24) is 5.32 Å². The predicted octanol–water partition coefficient (Wildman–Crippen LogP) is 1.65. The van der Waals surface area contributed by atoms with Gasteiger partial charge in [0.05, 0.1) is 13.2 Å². The van der Waals surface area contributed by atoms with Gasteiger partial charge in [-0.15, -0.1) is 0 Å². The van der Waals surface area contributed by atoms with Crippen LogP contribution in [0.4, 0.5) is 4.39 Å². The van der Waals surface area contributed by atoms with E-state index >= 15 is 0 Å². The van der Waals surface area contributed by atoms with Crippen LogP contribution < -0.4 is 5.32 Å². The fourth-order valence-corrected chi connectivity index (χ4v) is 1.65. The number of rotatable bonds is 5. The van der Waals surface area contributed by atoms with Crippen LogP contribution in [0.2, 0.25) is 0 Å². The SMILES string of the molecule is COC(=O)[C@@H](NC(=O)c1ccc(F)cc1)[C@H](C)CC#N. The lowest BCUT2D eigenvalue weighted by atomic mass is 9.98. The average molecular weight is 278 g/mol. The molecule has 0 radical (unpaired) electrons. The highest BCUT2D eigenvalue weighted by Gasteiger charge is 2.27. The summed E-state index contributed by atoms with van der Waals surface area (Å²) in [5.41, 5.74) is 0.226. The molecule has 0 aromatic heterocycles. The summed E-state index contributed by atoms with van der Waals surface area (Å²) in [7, 11) is 1.21. The standard InChI is InChI=1S/C14H15FN2O3/c1-9(7-8-16)12(14(19)20-2)17-13(18)10-3-5-11(15)6-4-10/h3-6,9,12H,7H2,1-2H3,(H,17,18)/t9-,12+/m1/s1. The molecule has 0 bridgehead atoms. The summed E-state index contributed by atoms with van der Waals surface area (Å²) < 4.78 is 17.4. The monoisotopic (exact) mass is 278 g/mol. The lowest BCUT2D eigenvalue weighted by molar-refractivity contribution is -0.144. The molecule has 0 aliphatic heterocycles. The summed E-state index contributed by atoms with van der Waals surface area (Å²) >= 11 is 0. The molecule has 1 aromatic rings. The van der Waals surface area contributed by atoms with Crippen molar-refractivity contribution in [3.63, 3.8) is 0 Å². The van der Waals surface area contributed by atoms with Crippen molar-refractivity contribution in [2.75, 3.05) is 7.11 Å². The molecule has 0 aliphatic carbocycles. The molecule has 1 aromatic carbocycles. The van der Waals surface area contributed by atoms with Crippen molar-refractivity contribution < 1.29 is 18.7 Å². The van der Waals surface area contributed by atoms with Gasteiger partial charge in [0.15, 0.2) is 0 Å². The van der Waals surface area contributed by atoms with Gasteiger partial charge in [0.2, 0.25) is 0 Å². The van der Waals surface area contributed by atoms with Gasteiger partial charge in [-0.05, 0) is 24.3 Å². The van der Waals surface area contributed by atoms with E-state index in [1.54, 1.807) is 6.92 Å². The van der Waals surface area contributed by atoms with Crippen molar-refractivity contribution >= 4 is 11.9 Å². The summed E-state index contributed by atoms with van der Waals surface area (Å²) in [5.74, 6) is -1.99. The number of carbonyl (C=O) groups is 2. The van der Waals surface area contributed by atoms with Crippen molar-refractivity contribution in [2.24, 2.45) is 5.92 Å². The molecule has 0 fully saturated rings. The zero-order valence-corrected chi connectivity index (χ0v) is 11.2. The number of halogens is 1. The molecular weight excluding hydrogens is 263 g/mol. The number of hydrogen-bond donors (Lipinski definition) is 1. The molecule has 0 saturated carbocycles. The first-order valence-corrected chi connectivity index (χ1v) is 6.00. The van der Waals surface area contributed by atoms with E-state index in [0.717, 1.165) is 12.1 Å². The second kappa shape index (κ2) is 7.24. The lowest BCUT2D eigenvalue weighted by Crippen LogP contribution is -2.45. The van der Waals surface area contributed by atoms with Gasteiger partial charge in [0, 0.05) is 17.9 Å². The highest BCUT2D eigenvalue weighted by atomic mass is 19.1. The number of carbonyl (C=O) groups excluding carboxylic acids is 2. The number of amides is 1. The van der Waals surface area contributed by atoms with Gasteiger partial charge in [-0.1, -0.05) is 6.92 Å². The van der Waals surface area contributed by atoms with E-state index in [1.165, 1.54) is 19.2 Å². The second-order valence-corrected chi connectivity index (χ2v) is 4.32. The molecule has 0 unspecified atom stereocenters. The topological polar surface area (TPSA) is 79.2 Å². The Kier molecular flexibility index (Phi) is 5.66. The molecule has 6 heteroatoms. The first-order valence-electron chi connectivity index (χ1n) is 6.00. The normalized spacial score (nSPS) is 12.9. The fraction of sp³-hybridized carbons (Fsp3) is 0.357. The minimum atomic E-state index is -0.919. The van der Waals surface area contributed by atoms with E-state index in [1.807, 2.05) is 6.07 Å². The Hall–Kier alpha value is -2.42. The third kappa shape index (κ3) is 4.05. The Morgan fingerprint density at radius 1 is 1.40 bits per heavy atom. The summed E-state index contributed by atoms with van der Waals surface area (Å²) in [6.07, 6.45) is 0.101. The quantitative estimate of drug-likeness (QED) is 0.830. The molecule has 1 N–H and O–H groups in total. The number of ether oxygens (including phenoxy) is 1. The molecule has 2 atom stereocenters. The third-order valence-corrected chi connectivity index (χ3v) is 2.83. The largest absolute Gasteiger partial charge is 0.467 e. The summed E-state index contributed by atoms with van der Waals surface area (Å²) in [6.45, 7) is 1.66. The first kappa shape index (κ1) is 15.6. The van der Waals surface area contributed by atoms with Gasteiger partial charge in [-0.3, -0.25) is 4.79 Å². The minimum absolute atomic E-state index is 0.101. The highest BCUT2D eigenvalue weighted by molar-refractivity contribution is 5.96. The Morgan fingerprint density at radius 3 is 2.50 bits per heavy atom. The summed E-state index contributed by atoms with van der Waals surface area (Å²) in [4.78, 5) is 23.6. The maximum absolute atomic E-state index is 12.8. The fourth-order valence-electron chi connectivity index (χ4n) is 1.65. The number of benzene rings is 1. The van der Waals surface area contributed by atoms with E-state index in [-0.39, 0.29) is 12.0 Å². The van der Waals surface area contributed by atoms with Crippen LogP contribution in [-0.4, -0.2) is 25.0 Å². The predicted molar refractivity (Wildman–Crippen MR) is 69.1 cm³/mol. The Balaban J connectivity index is 2.84. The van der Waals surface area contributed by atoms with E-state index in [2.05, 4.69) is 10.1 Å². The summed E-state index contributed by atoms with van der Waals surface area (Å²) in [5, 5.41) is 11.2. The van der Waals surface area contributed by atoms with Gasteiger partial charge in [0.25, 0.3) is 5.91 Å². The van der Waals surface area contributed by atoms with E-state index in [0.29, 0.717) is 0 Å². The average Bonchev–Trinajstić information content (AvgIpc) is 2.44. The zero-order chi connectivity index (χ0) is 15.1. The molecule has 1 rings (SSSR count). The number of methoxy groups -OCH3 is 1. The molecule has 106 valence electrons. The van der Waals surface area contributed by atoms with Crippen molar-refractivity contribution in [3.8, 4) is 6.07 Å². The number of nitrogens with zero attached hydrogens (tertiary/aromatic N) is 1. The minimum Gasteiger partial charge on any atom is -0.467 e. The molecule has 0 saturated heterocycles. The first-order chi connectivity index (χ1) is 9.49. The molecule has 20 heavy (non-hydrogen) atoms. The zero-order valence-electron chi connectivity index (χ0n) is 11.2. The van der Waals surface area contributed by atoms with Gasteiger partial charge in [0.1, 0.15) is 11.9 Å². The molecule has 0 spiro atoms.